The minimum atomic E-state index is -0.348. The van der Waals surface area contributed by atoms with E-state index in [9.17, 15) is 19.2 Å². The van der Waals surface area contributed by atoms with E-state index >= 15 is 0 Å². The third kappa shape index (κ3) is 14.4. The number of rotatable bonds is 18. The Morgan fingerprint density at radius 3 is 1.77 bits per heavy atom. The van der Waals surface area contributed by atoms with Gasteiger partial charge in [-0.2, -0.15) is 0 Å². The van der Waals surface area contributed by atoms with Gasteiger partial charge in [-0.3, -0.25) is 38.3 Å². The maximum atomic E-state index is 12.8. The number of nitrogens with zero attached hydrogens (tertiary/aromatic N) is 6. The lowest BCUT2D eigenvalue weighted by Crippen LogP contribution is -2.34. The Bertz CT molecular complexity index is 2500. The van der Waals surface area contributed by atoms with Crippen molar-refractivity contribution in [2.75, 3.05) is 30.3 Å². The van der Waals surface area contributed by atoms with Crippen molar-refractivity contribution in [3.63, 3.8) is 0 Å². The summed E-state index contributed by atoms with van der Waals surface area (Å²) in [6.07, 6.45) is 7.94. The Morgan fingerprint density at radius 1 is 0.705 bits per heavy atom. The van der Waals surface area contributed by atoms with Crippen LogP contribution >= 0.6 is 27.5 Å². The number of ether oxygens (including phenoxy) is 1. The van der Waals surface area contributed by atoms with Crippen molar-refractivity contribution in [3.8, 4) is 5.75 Å². The van der Waals surface area contributed by atoms with Gasteiger partial charge in [0.1, 0.15) is 18.8 Å². The summed E-state index contributed by atoms with van der Waals surface area (Å²) in [6, 6.07) is 24.4. The van der Waals surface area contributed by atoms with Crippen LogP contribution in [0.1, 0.15) is 40.8 Å². The van der Waals surface area contributed by atoms with Gasteiger partial charge in [-0.15, -0.1) is 0 Å². The van der Waals surface area contributed by atoms with Crippen LogP contribution in [-0.2, 0) is 48.6 Å². The number of benzene rings is 2. The molecule has 0 saturated heterocycles. The molecule has 4 N–H and O–H groups in total. The number of nitrogens with one attached hydrogen (secondary N) is 4. The second kappa shape index (κ2) is 23.4. The van der Waals surface area contributed by atoms with Gasteiger partial charge in [-0.05, 0) is 80.9 Å². The number of hydrogen-bond donors (Lipinski definition) is 4. The van der Waals surface area contributed by atoms with Gasteiger partial charge in [0.25, 0.3) is 11.1 Å². The average Bonchev–Trinajstić information content (AvgIpc) is 3.26. The molecule has 15 nitrogen and oxygen atoms in total. The van der Waals surface area contributed by atoms with Crippen molar-refractivity contribution >= 4 is 51.0 Å². The topological polar surface area (TPSA) is 187 Å². The van der Waals surface area contributed by atoms with Crippen LogP contribution < -0.4 is 37.1 Å². The monoisotopic (exact) mass is 910 g/mol. The molecule has 6 rings (SSSR count). The summed E-state index contributed by atoms with van der Waals surface area (Å²) in [5.41, 5.74) is 4.15. The van der Waals surface area contributed by atoms with Crippen LogP contribution in [0, 0.1) is 13.8 Å². The quantitative estimate of drug-likeness (QED) is 0.0835. The zero-order chi connectivity index (χ0) is 43.6. The third-order valence-corrected chi connectivity index (χ3v) is 9.82. The van der Waals surface area contributed by atoms with Crippen molar-refractivity contribution in [2.45, 2.75) is 59.8 Å². The molecular weight excluding hydrogens is 864 g/mol. The zero-order valence-electron chi connectivity index (χ0n) is 34.2. The molecule has 0 fully saturated rings. The molecule has 6 aromatic rings. The van der Waals surface area contributed by atoms with Crippen LogP contribution in [0.25, 0.3) is 0 Å². The highest BCUT2D eigenvalue weighted by Gasteiger charge is 2.14. The van der Waals surface area contributed by atoms with E-state index in [0.29, 0.717) is 61.2 Å². The van der Waals surface area contributed by atoms with Crippen LogP contribution in [0.15, 0.2) is 118 Å². The van der Waals surface area contributed by atoms with Crippen molar-refractivity contribution in [1.82, 2.24) is 39.7 Å². The maximum Gasteiger partial charge on any atom is 0.293 e. The molecule has 17 heteroatoms. The van der Waals surface area contributed by atoms with E-state index in [4.69, 9.17) is 16.3 Å². The largest absolute Gasteiger partial charge is 0.494 e. The Kier molecular flexibility index (Phi) is 17.5. The standard InChI is InChI=1S/C23H26ClN5O3.C21H22BrN5O2/c1-3-32-20-8-7-18(24)12-17(20)14-27-21(30)15-29-16(2)13-28-22(23(29)31)26-11-9-19-6-4-5-10-25-19;1-15-12-26-20(24-10-8-18-7-2-3-9-23-18)21(29)27(15)14-19(28)25-13-16-5-4-6-17(22)11-16/h4-8,10,12-13H,3,9,11,14-15H2,1-2H3,(H,26,28)(H,27,30);2-7,9,11-12H,8,10,13-14H2,1H3,(H,24,26)(H,25,28). The number of halogens is 2. The lowest BCUT2D eigenvalue weighted by atomic mass is 10.2. The van der Waals surface area contributed by atoms with Crippen molar-refractivity contribution < 1.29 is 14.3 Å². The molecule has 0 spiro atoms. The van der Waals surface area contributed by atoms with E-state index < -0.39 is 0 Å². The van der Waals surface area contributed by atoms with E-state index in [2.05, 4.69) is 57.1 Å². The van der Waals surface area contributed by atoms with Gasteiger partial charge in [0, 0.05) is 102 Å². The summed E-state index contributed by atoms with van der Waals surface area (Å²) in [7, 11) is 0. The Morgan fingerprint density at radius 2 is 1.26 bits per heavy atom. The normalized spacial score (nSPS) is 10.6. The van der Waals surface area contributed by atoms with Gasteiger partial charge in [-0.25, -0.2) is 9.97 Å². The van der Waals surface area contributed by atoms with Crippen molar-refractivity contribution in [3.05, 3.63) is 168 Å². The molecule has 318 valence electrons. The smallest absolute Gasteiger partial charge is 0.293 e. The number of aryl methyl sites for hydroxylation is 2. The van der Waals surface area contributed by atoms with Crippen LogP contribution in [0.4, 0.5) is 11.6 Å². The molecule has 0 unspecified atom stereocenters. The second-order valence-electron chi connectivity index (χ2n) is 13.6. The second-order valence-corrected chi connectivity index (χ2v) is 15.0. The molecule has 0 aliphatic heterocycles. The molecule has 4 aromatic heterocycles. The summed E-state index contributed by atoms with van der Waals surface area (Å²) < 4.78 is 9.35. The minimum absolute atomic E-state index is 0.0594. The number of carbonyl (C=O) groups excluding carboxylic acids is 2. The number of carbonyl (C=O) groups is 2. The first kappa shape index (κ1) is 45.7. The van der Waals surface area contributed by atoms with E-state index in [1.54, 1.807) is 56.8 Å². The lowest BCUT2D eigenvalue weighted by molar-refractivity contribution is -0.122. The van der Waals surface area contributed by atoms with Crippen LogP contribution in [0.5, 0.6) is 5.75 Å². The first-order valence-electron chi connectivity index (χ1n) is 19.6. The van der Waals surface area contributed by atoms with Gasteiger partial charge in [0.15, 0.2) is 11.6 Å². The highest BCUT2D eigenvalue weighted by atomic mass is 79.9. The summed E-state index contributed by atoms with van der Waals surface area (Å²) in [5.74, 6) is 0.553. The predicted octanol–water partition coefficient (Wildman–Crippen LogP) is 5.65. The summed E-state index contributed by atoms with van der Waals surface area (Å²) in [4.78, 5) is 67.3. The average molecular weight is 912 g/mol. The summed E-state index contributed by atoms with van der Waals surface area (Å²) >= 11 is 9.48. The number of amides is 2. The predicted molar refractivity (Wildman–Crippen MR) is 240 cm³/mol. The molecule has 0 radical (unpaired) electrons. The highest BCUT2D eigenvalue weighted by Crippen LogP contribution is 2.23. The first-order chi connectivity index (χ1) is 29.5. The number of pyridine rings is 2. The minimum Gasteiger partial charge on any atom is -0.494 e. The molecule has 0 atom stereocenters. The van der Waals surface area contributed by atoms with Gasteiger partial charge in [-0.1, -0.05) is 51.8 Å². The number of aromatic nitrogens is 6. The highest BCUT2D eigenvalue weighted by molar-refractivity contribution is 9.10. The van der Waals surface area contributed by atoms with Gasteiger partial charge >= 0.3 is 0 Å². The van der Waals surface area contributed by atoms with Crippen LogP contribution in [-0.4, -0.2) is 60.6 Å². The fraction of sp³-hybridized carbons (Fsp3) is 0.273. The van der Waals surface area contributed by atoms with Gasteiger partial charge in [0.05, 0.1) is 6.61 Å². The summed E-state index contributed by atoms with van der Waals surface area (Å²) in [5, 5.41) is 12.3. The maximum absolute atomic E-state index is 12.8. The molecule has 2 aromatic carbocycles. The first-order valence-corrected chi connectivity index (χ1v) is 20.8. The van der Waals surface area contributed by atoms with Crippen LogP contribution in [0.2, 0.25) is 5.02 Å². The van der Waals surface area contributed by atoms with Crippen molar-refractivity contribution in [2.24, 2.45) is 0 Å². The lowest BCUT2D eigenvalue weighted by Gasteiger charge is -2.14. The molecule has 0 aliphatic carbocycles. The number of hydrogen-bond acceptors (Lipinski definition) is 11. The van der Waals surface area contributed by atoms with Gasteiger partial charge < -0.3 is 26.0 Å². The van der Waals surface area contributed by atoms with E-state index in [1.165, 1.54) is 9.13 Å². The Hall–Kier alpha value is -6.39. The molecule has 0 bridgehead atoms. The Labute approximate surface area is 367 Å². The van der Waals surface area contributed by atoms with E-state index in [-0.39, 0.29) is 54.2 Å². The van der Waals surface area contributed by atoms with Crippen LogP contribution in [0.3, 0.4) is 0 Å². The molecule has 0 saturated carbocycles. The number of anilines is 2. The molecule has 2 amide bonds. The SMILES string of the molecule is CCOc1ccc(Cl)cc1CNC(=O)Cn1c(C)cnc(NCCc2ccccn2)c1=O.Cc1cnc(NCCc2ccccn2)c(=O)n1CC(=O)NCc1cccc(Br)c1. The fourth-order valence-electron chi connectivity index (χ4n) is 5.91. The molecular formula is C44H48BrClN10O5. The van der Waals surface area contributed by atoms with Gasteiger partial charge in [0.2, 0.25) is 11.8 Å². The zero-order valence-corrected chi connectivity index (χ0v) is 36.5. The molecule has 0 aliphatic rings. The summed E-state index contributed by atoms with van der Waals surface area (Å²) in [6.45, 7) is 7.37. The molecule has 61 heavy (non-hydrogen) atoms. The van der Waals surface area contributed by atoms with E-state index in [1.807, 2.05) is 67.6 Å². The third-order valence-electron chi connectivity index (χ3n) is 9.09. The molecule has 4 heterocycles. The fourth-order valence-corrected chi connectivity index (χ4v) is 6.55. The van der Waals surface area contributed by atoms with Crippen molar-refractivity contribution in [1.29, 1.82) is 0 Å². The van der Waals surface area contributed by atoms with E-state index in [0.717, 1.165) is 27.0 Å². The Balaban J connectivity index is 0.000000232.